The molecule has 2 aliphatic heterocycles. The molecule has 0 bridgehead atoms. The molecule has 0 aliphatic carbocycles. The van der Waals surface area contributed by atoms with Gasteiger partial charge in [0.2, 0.25) is 5.95 Å². The summed E-state index contributed by atoms with van der Waals surface area (Å²) in [6, 6.07) is 15.3. The molecule has 2 aromatic carbocycles. The molecule has 5 nitrogen and oxygen atoms in total. The van der Waals surface area contributed by atoms with E-state index < -0.39 is 0 Å². The zero-order chi connectivity index (χ0) is 26.1. The van der Waals surface area contributed by atoms with Gasteiger partial charge in [0.15, 0.2) is 0 Å². The van der Waals surface area contributed by atoms with E-state index in [0.29, 0.717) is 26.9 Å². The number of hydrogen-bond acceptors (Lipinski definition) is 4. The minimum absolute atomic E-state index is 0.0132. The summed E-state index contributed by atoms with van der Waals surface area (Å²) in [5.74, 6) is 0.484. The highest BCUT2D eigenvalue weighted by Gasteiger charge is 2.36. The number of halogens is 3. The van der Waals surface area contributed by atoms with Gasteiger partial charge in [-0.05, 0) is 86.1 Å². The van der Waals surface area contributed by atoms with Crippen molar-refractivity contribution in [3.8, 4) is 5.75 Å². The van der Waals surface area contributed by atoms with Crippen LogP contribution < -0.4 is 4.74 Å². The fourth-order valence-electron chi connectivity index (χ4n) is 5.85. The van der Waals surface area contributed by atoms with Gasteiger partial charge in [0.1, 0.15) is 5.75 Å². The van der Waals surface area contributed by atoms with Gasteiger partial charge in [-0.3, -0.25) is 9.69 Å². The molecule has 3 heterocycles. The average molecular weight is 542 g/mol. The van der Waals surface area contributed by atoms with Crippen LogP contribution in [0.15, 0.2) is 54.7 Å². The van der Waals surface area contributed by atoms with Crippen LogP contribution in [0.4, 0.5) is 4.39 Å². The number of aromatic nitrogens is 1. The summed E-state index contributed by atoms with van der Waals surface area (Å²) in [6.07, 6.45) is 4.82. The molecule has 3 aromatic rings. The van der Waals surface area contributed by atoms with E-state index in [2.05, 4.69) is 9.88 Å². The van der Waals surface area contributed by atoms with E-state index in [-0.39, 0.29) is 29.9 Å². The number of methoxy groups -OCH3 is 1. The summed E-state index contributed by atoms with van der Waals surface area (Å²) in [6.45, 7) is 1.66. The fourth-order valence-corrected chi connectivity index (χ4v) is 6.15. The number of pyridine rings is 1. The Kier molecular flexibility index (Phi) is 7.70. The van der Waals surface area contributed by atoms with Crippen LogP contribution in [0.1, 0.15) is 70.7 Å². The van der Waals surface area contributed by atoms with Crippen LogP contribution in [0.2, 0.25) is 10.0 Å². The van der Waals surface area contributed by atoms with Crippen molar-refractivity contribution in [2.24, 2.45) is 0 Å². The van der Waals surface area contributed by atoms with Gasteiger partial charge in [-0.25, -0.2) is 4.98 Å². The van der Waals surface area contributed by atoms with Gasteiger partial charge in [-0.2, -0.15) is 4.39 Å². The quantitative estimate of drug-likeness (QED) is 0.300. The number of fused-ring (bicyclic) bond motifs is 1. The molecule has 8 heteroatoms. The average Bonchev–Trinajstić information content (AvgIpc) is 3.15. The molecule has 1 fully saturated rings. The molecule has 0 spiro atoms. The van der Waals surface area contributed by atoms with Crippen molar-refractivity contribution in [1.29, 1.82) is 0 Å². The lowest BCUT2D eigenvalue weighted by molar-refractivity contribution is 0.0751. The Morgan fingerprint density at radius 1 is 1.08 bits per heavy atom. The van der Waals surface area contributed by atoms with Crippen LogP contribution in [0.25, 0.3) is 0 Å². The molecule has 37 heavy (non-hydrogen) atoms. The molecule has 2 unspecified atom stereocenters. The number of carbonyl (C=O) groups is 1. The molecule has 2 atom stereocenters. The zero-order valence-electron chi connectivity index (χ0n) is 21.0. The van der Waals surface area contributed by atoms with Crippen molar-refractivity contribution < 1.29 is 13.9 Å². The van der Waals surface area contributed by atoms with Crippen molar-refractivity contribution in [3.63, 3.8) is 0 Å². The minimum atomic E-state index is -0.369. The number of benzene rings is 2. The monoisotopic (exact) mass is 541 g/mol. The number of carbonyl (C=O) groups excluding carboxylic acids is 1. The fraction of sp³-hybridized carbons (Fsp3) is 0.379. The topological polar surface area (TPSA) is 45.7 Å². The van der Waals surface area contributed by atoms with Crippen LogP contribution in [-0.4, -0.2) is 47.9 Å². The first-order chi connectivity index (χ1) is 17.9. The molecular formula is C29H30Cl2FN3O2. The van der Waals surface area contributed by atoms with Gasteiger partial charge in [0, 0.05) is 30.4 Å². The largest absolute Gasteiger partial charge is 0.497 e. The van der Waals surface area contributed by atoms with Gasteiger partial charge in [-0.15, -0.1) is 0 Å². The van der Waals surface area contributed by atoms with Crippen molar-refractivity contribution in [2.75, 3.05) is 27.2 Å². The summed E-state index contributed by atoms with van der Waals surface area (Å²) in [4.78, 5) is 21.1. The van der Waals surface area contributed by atoms with Gasteiger partial charge in [0.25, 0.3) is 5.91 Å². The van der Waals surface area contributed by atoms with E-state index in [1.54, 1.807) is 13.2 Å². The maximum absolute atomic E-state index is 14.3. The predicted octanol–water partition coefficient (Wildman–Crippen LogP) is 7.06. The maximum atomic E-state index is 14.3. The first-order valence-electron chi connectivity index (χ1n) is 12.6. The van der Waals surface area contributed by atoms with E-state index in [1.807, 2.05) is 54.4 Å². The third kappa shape index (κ3) is 5.20. The number of nitrogens with zero attached hydrogens (tertiary/aromatic N) is 3. The van der Waals surface area contributed by atoms with Crippen molar-refractivity contribution in [1.82, 2.24) is 14.8 Å². The zero-order valence-corrected chi connectivity index (χ0v) is 22.5. The summed E-state index contributed by atoms with van der Waals surface area (Å²) in [5, 5.41) is 1.06. The van der Waals surface area contributed by atoms with E-state index in [1.165, 1.54) is 6.20 Å². The van der Waals surface area contributed by atoms with Gasteiger partial charge in [-0.1, -0.05) is 41.4 Å². The van der Waals surface area contributed by atoms with E-state index >= 15 is 0 Å². The third-order valence-corrected chi connectivity index (χ3v) is 8.62. The van der Waals surface area contributed by atoms with Crippen molar-refractivity contribution in [2.45, 2.75) is 43.7 Å². The maximum Gasteiger partial charge on any atom is 0.254 e. The first-order valence-corrected chi connectivity index (χ1v) is 13.4. The molecule has 0 N–H and O–H groups in total. The number of rotatable bonds is 7. The van der Waals surface area contributed by atoms with Crippen LogP contribution in [0.3, 0.4) is 0 Å². The molecule has 2 aliphatic rings. The van der Waals surface area contributed by atoms with Crippen LogP contribution in [0, 0.1) is 5.95 Å². The molecule has 1 amide bonds. The second-order valence-corrected chi connectivity index (χ2v) is 10.7. The molecule has 1 saturated heterocycles. The highest BCUT2D eigenvalue weighted by atomic mass is 35.5. The Balaban J connectivity index is 1.36. The lowest BCUT2D eigenvalue weighted by Crippen LogP contribution is -2.37. The molecular weight excluding hydrogens is 512 g/mol. The molecule has 0 radical (unpaired) electrons. The summed E-state index contributed by atoms with van der Waals surface area (Å²) in [5.41, 5.74) is 3.54. The van der Waals surface area contributed by atoms with Gasteiger partial charge >= 0.3 is 0 Å². The molecule has 1 aromatic heterocycles. The van der Waals surface area contributed by atoms with Crippen LogP contribution in [-0.2, 0) is 0 Å². The normalized spacial score (nSPS) is 19.2. The lowest BCUT2D eigenvalue weighted by atomic mass is 9.87. The van der Waals surface area contributed by atoms with E-state index in [4.69, 9.17) is 27.9 Å². The summed E-state index contributed by atoms with van der Waals surface area (Å²) < 4.78 is 19.7. The molecule has 0 saturated carbocycles. The highest BCUT2D eigenvalue weighted by molar-refractivity contribution is 6.42. The Morgan fingerprint density at radius 3 is 2.57 bits per heavy atom. The Morgan fingerprint density at radius 2 is 1.86 bits per heavy atom. The van der Waals surface area contributed by atoms with Gasteiger partial charge in [0.05, 0.1) is 23.2 Å². The second-order valence-electron chi connectivity index (χ2n) is 9.85. The van der Waals surface area contributed by atoms with Crippen LogP contribution in [0.5, 0.6) is 5.75 Å². The van der Waals surface area contributed by atoms with Crippen molar-refractivity contribution in [3.05, 3.63) is 93.0 Å². The molecule has 5 rings (SSSR count). The Bertz CT molecular complexity index is 1300. The van der Waals surface area contributed by atoms with Crippen molar-refractivity contribution >= 4 is 29.1 Å². The minimum Gasteiger partial charge on any atom is -0.497 e. The van der Waals surface area contributed by atoms with Crippen LogP contribution >= 0.6 is 23.2 Å². The number of amides is 1. The summed E-state index contributed by atoms with van der Waals surface area (Å²) in [7, 11) is 3.47. The number of ether oxygens (including phenoxy) is 1. The number of likely N-dealkylation sites (tertiary alicyclic amines) is 1. The molecule has 194 valence electrons. The smallest absolute Gasteiger partial charge is 0.254 e. The number of hydrogen-bond donors (Lipinski definition) is 0. The van der Waals surface area contributed by atoms with E-state index in [0.717, 1.165) is 49.9 Å². The Labute approximate surface area is 227 Å². The second kappa shape index (κ2) is 11.0. The van der Waals surface area contributed by atoms with Gasteiger partial charge < -0.3 is 9.64 Å². The first kappa shape index (κ1) is 26.0. The SMILES string of the molecule is COc1ccc2c(c1)C(=O)N(C)C2CCC(c1ccc(Cl)c(Cl)c1)N1CCC(c2cccnc2F)CC1. The Hall–Kier alpha value is -2.67. The van der Waals surface area contributed by atoms with E-state index in [9.17, 15) is 9.18 Å². The third-order valence-electron chi connectivity index (χ3n) is 7.88. The predicted molar refractivity (Wildman–Crippen MR) is 144 cm³/mol. The standard InChI is InChI=1S/C29H30Cl2FN3O2/c1-34-27(22-7-6-20(37-2)17-23(22)29(34)36)10-9-26(19-5-8-24(30)25(31)16-19)35-14-11-18(12-15-35)21-4-3-13-33-28(21)32/h3-8,13,16-18,26-27H,9-12,14-15H2,1-2H3. The summed E-state index contributed by atoms with van der Waals surface area (Å²) >= 11 is 12.6. The number of piperidine rings is 1. The lowest BCUT2D eigenvalue weighted by Gasteiger charge is -2.39. The highest BCUT2D eigenvalue weighted by Crippen LogP contribution is 2.41.